The summed E-state index contributed by atoms with van der Waals surface area (Å²) in [7, 11) is -1.42. The van der Waals surface area contributed by atoms with Crippen molar-refractivity contribution in [2.45, 2.75) is 4.90 Å². The molecule has 0 saturated heterocycles. The second-order valence-electron chi connectivity index (χ2n) is 4.97. The van der Waals surface area contributed by atoms with Crippen LogP contribution < -0.4 is 5.32 Å². The molecule has 0 bridgehead atoms. The molecule has 1 amide bonds. The summed E-state index contributed by atoms with van der Waals surface area (Å²) in [5, 5.41) is 10.0. The molecule has 3 rings (SSSR count). The summed E-state index contributed by atoms with van der Waals surface area (Å²) in [4.78, 5) is 12.3. The van der Waals surface area contributed by atoms with Gasteiger partial charge >= 0.3 is 0 Å². The lowest BCUT2D eigenvalue weighted by atomic mass is 10.2. The van der Waals surface area contributed by atoms with Gasteiger partial charge in [0.15, 0.2) is 0 Å². The fourth-order valence-corrected chi connectivity index (χ4v) is 2.73. The average molecular weight is 344 g/mol. The van der Waals surface area contributed by atoms with Crippen LogP contribution >= 0.6 is 0 Å². The molecule has 122 valence electrons. The van der Waals surface area contributed by atoms with Gasteiger partial charge in [-0.25, -0.2) is 4.39 Å². The Kier molecular flexibility index (Phi) is 4.48. The van der Waals surface area contributed by atoms with Gasteiger partial charge in [0.1, 0.15) is 18.5 Å². The molecule has 8 heteroatoms. The number of carbonyl (C=O) groups excluding carboxylic acids is 1. The number of halogens is 1. The molecular formula is C16H13FN4O2S. The maximum absolute atomic E-state index is 13.8. The normalized spacial score (nSPS) is 11.9. The van der Waals surface area contributed by atoms with E-state index in [9.17, 15) is 13.4 Å². The van der Waals surface area contributed by atoms with Crippen molar-refractivity contribution >= 4 is 22.4 Å². The highest BCUT2D eigenvalue weighted by atomic mass is 32.2. The highest BCUT2D eigenvalue weighted by Crippen LogP contribution is 2.18. The van der Waals surface area contributed by atoms with Crippen LogP contribution in [0.2, 0.25) is 0 Å². The van der Waals surface area contributed by atoms with E-state index in [1.165, 1.54) is 18.4 Å². The van der Waals surface area contributed by atoms with Crippen molar-refractivity contribution in [1.29, 1.82) is 0 Å². The van der Waals surface area contributed by atoms with Gasteiger partial charge in [-0.1, -0.05) is 0 Å². The summed E-state index contributed by atoms with van der Waals surface area (Å²) in [6.07, 6.45) is 4.50. The third kappa shape index (κ3) is 3.38. The third-order valence-electron chi connectivity index (χ3n) is 3.35. The van der Waals surface area contributed by atoms with E-state index in [1.807, 2.05) is 0 Å². The molecule has 1 atom stereocenters. The van der Waals surface area contributed by atoms with Gasteiger partial charge in [0.25, 0.3) is 5.91 Å². The Morgan fingerprint density at radius 3 is 2.38 bits per heavy atom. The lowest BCUT2D eigenvalue weighted by Gasteiger charge is -2.08. The van der Waals surface area contributed by atoms with Crippen LogP contribution in [-0.4, -0.2) is 31.1 Å². The minimum atomic E-state index is -1.42. The van der Waals surface area contributed by atoms with Crippen molar-refractivity contribution in [3.63, 3.8) is 0 Å². The van der Waals surface area contributed by atoms with E-state index in [4.69, 9.17) is 0 Å². The van der Waals surface area contributed by atoms with Gasteiger partial charge in [-0.2, -0.15) is 0 Å². The van der Waals surface area contributed by atoms with Crippen molar-refractivity contribution in [1.82, 2.24) is 14.8 Å². The predicted octanol–water partition coefficient (Wildman–Crippen LogP) is 2.40. The molecule has 24 heavy (non-hydrogen) atoms. The molecule has 0 aliphatic heterocycles. The summed E-state index contributed by atoms with van der Waals surface area (Å²) in [5.41, 5.74) is 1.54. The van der Waals surface area contributed by atoms with Crippen molar-refractivity contribution < 1.29 is 13.4 Å². The van der Waals surface area contributed by atoms with E-state index >= 15 is 0 Å². The van der Waals surface area contributed by atoms with Gasteiger partial charge in [-0.15, -0.1) is 10.2 Å². The smallest absolute Gasteiger partial charge is 0.255 e. The van der Waals surface area contributed by atoms with E-state index in [1.54, 1.807) is 41.5 Å². The zero-order valence-electron chi connectivity index (χ0n) is 12.6. The number of aromatic nitrogens is 3. The summed E-state index contributed by atoms with van der Waals surface area (Å²) in [6, 6.07) is 10.9. The summed E-state index contributed by atoms with van der Waals surface area (Å²) < 4.78 is 26.8. The van der Waals surface area contributed by atoms with Crippen LogP contribution in [0.3, 0.4) is 0 Å². The highest BCUT2D eigenvalue weighted by Gasteiger charge is 2.10. The molecule has 0 unspecified atom stereocenters. The van der Waals surface area contributed by atoms with Gasteiger partial charge < -0.3 is 5.32 Å². The molecule has 0 spiro atoms. The van der Waals surface area contributed by atoms with Crippen molar-refractivity contribution in [2.75, 3.05) is 11.6 Å². The third-order valence-corrected chi connectivity index (χ3v) is 4.30. The summed E-state index contributed by atoms with van der Waals surface area (Å²) in [5.74, 6) is -0.980. The molecular weight excluding hydrogens is 331 g/mol. The first-order valence-electron chi connectivity index (χ1n) is 6.94. The molecule has 0 aliphatic rings. The van der Waals surface area contributed by atoms with E-state index < -0.39 is 16.6 Å². The van der Waals surface area contributed by atoms with Crippen LogP contribution in [0.25, 0.3) is 5.69 Å². The topological polar surface area (TPSA) is 76.9 Å². The van der Waals surface area contributed by atoms with Crippen LogP contribution in [-0.2, 0) is 10.8 Å². The van der Waals surface area contributed by atoms with Crippen LogP contribution in [0.5, 0.6) is 0 Å². The molecule has 0 radical (unpaired) electrons. The first-order valence-corrected chi connectivity index (χ1v) is 8.50. The molecule has 2 aromatic carbocycles. The zero-order valence-corrected chi connectivity index (χ0v) is 13.5. The van der Waals surface area contributed by atoms with E-state index in [2.05, 4.69) is 15.5 Å². The highest BCUT2D eigenvalue weighted by molar-refractivity contribution is 7.84. The molecule has 1 heterocycles. The largest absolute Gasteiger partial charge is 0.322 e. The van der Waals surface area contributed by atoms with Crippen molar-refractivity contribution in [2.24, 2.45) is 0 Å². The number of amides is 1. The quantitative estimate of drug-likeness (QED) is 0.788. The zero-order chi connectivity index (χ0) is 17.1. The SMILES string of the molecule is C[S@@](=O)c1ccc(NC(=O)c2ccc(-n3cnnc3)cc2)cc1F. The molecule has 0 aliphatic carbocycles. The van der Waals surface area contributed by atoms with Crippen molar-refractivity contribution in [3.8, 4) is 5.69 Å². The summed E-state index contributed by atoms with van der Waals surface area (Å²) >= 11 is 0. The Morgan fingerprint density at radius 2 is 1.79 bits per heavy atom. The second-order valence-corrected chi connectivity index (χ2v) is 6.32. The van der Waals surface area contributed by atoms with Crippen molar-refractivity contribution in [3.05, 3.63) is 66.5 Å². The Bertz CT molecular complexity index is 895. The van der Waals surface area contributed by atoms with E-state index in [0.29, 0.717) is 11.3 Å². The lowest BCUT2D eigenvalue weighted by molar-refractivity contribution is 0.102. The first-order chi connectivity index (χ1) is 11.5. The number of hydrogen-bond donors (Lipinski definition) is 1. The minimum absolute atomic E-state index is 0.103. The number of nitrogens with zero attached hydrogens (tertiary/aromatic N) is 3. The number of anilines is 1. The van der Waals surface area contributed by atoms with E-state index in [-0.39, 0.29) is 10.8 Å². The standard InChI is InChI=1S/C16H13FN4O2S/c1-24(23)15-7-4-12(8-14(15)17)20-16(22)11-2-5-13(6-3-11)21-9-18-19-10-21/h2-10H,1H3,(H,20,22)/t24-/m1/s1. The first kappa shape index (κ1) is 16.0. The monoisotopic (exact) mass is 344 g/mol. The van der Waals surface area contributed by atoms with Gasteiger partial charge in [0, 0.05) is 23.2 Å². The fraction of sp³-hybridized carbons (Fsp3) is 0.0625. The fourth-order valence-electron chi connectivity index (χ4n) is 2.13. The lowest BCUT2D eigenvalue weighted by Crippen LogP contribution is -2.12. The molecule has 0 fully saturated rings. The molecule has 0 saturated carbocycles. The summed E-state index contributed by atoms with van der Waals surface area (Å²) in [6.45, 7) is 0. The Balaban J connectivity index is 1.75. The average Bonchev–Trinajstić information content (AvgIpc) is 3.09. The molecule has 1 aromatic heterocycles. The molecule has 6 nitrogen and oxygen atoms in total. The number of nitrogens with one attached hydrogen (secondary N) is 1. The Hall–Kier alpha value is -2.87. The number of rotatable bonds is 4. The Labute approximate surface area is 139 Å². The van der Waals surface area contributed by atoms with Gasteiger partial charge in [0.05, 0.1) is 15.7 Å². The second kappa shape index (κ2) is 6.71. The predicted molar refractivity (Wildman–Crippen MR) is 88.0 cm³/mol. The van der Waals surface area contributed by atoms with Crippen LogP contribution in [0.4, 0.5) is 10.1 Å². The van der Waals surface area contributed by atoms with Crippen LogP contribution in [0.15, 0.2) is 60.0 Å². The number of carbonyl (C=O) groups is 1. The number of hydrogen-bond acceptors (Lipinski definition) is 4. The molecule has 1 N–H and O–H groups in total. The Morgan fingerprint density at radius 1 is 1.12 bits per heavy atom. The minimum Gasteiger partial charge on any atom is -0.322 e. The van der Waals surface area contributed by atoms with E-state index in [0.717, 1.165) is 11.8 Å². The van der Waals surface area contributed by atoms with Crippen LogP contribution in [0.1, 0.15) is 10.4 Å². The molecule has 3 aromatic rings. The number of benzene rings is 2. The maximum atomic E-state index is 13.8. The maximum Gasteiger partial charge on any atom is 0.255 e. The van der Waals surface area contributed by atoms with Crippen LogP contribution in [0, 0.1) is 5.82 Å². The van der Waals surface area contributed by atoms with Gasteiger partial charge in [-0.3, -0.25) is 13.6 Å². The van der Waals surface area contributed by atoms with Gasteiger partial charge in [-0.05, 0) is 42.5 Å². The van der Waals surface area contributed by atoms with Gasteiger partial charge in [0.2, 0.25) is 0 Å².